The van der Waals surface area contributed by atoms with Crippen LogP contribution in [0.5, 0.6) is 0 Å². The smallest absolute Gasteiger partial charge is 0.234 e. The Kier molecular flexibility index (Phi) is 5.42. The minimum atomic E-state index is -0.837. The van der Waals surface area contributed by atoms with Gasteiger partial charge in [0.1, 0.15) is 12.2 Å². The molecule has 0 spiro atoms. The van der Waals surface area contributed by atoms with Gasteiger partial charge in [-0.25, -0.2) is 4.98 Å². The maximum Gasteiger partial charge on any atom is 0.234 e. The van der Waals surface area contributed by atoms with Crippen molar-refractivity contribution in [2.75, 3.05) is 11.4 Å². The van der Waals surface area contributed by atoms with Gasteiger partial charge in [0.05, 0.1) is 29.8 Å². The molecule has 0 radical (unpaired) electrons. The molecule has 6 nitrogen and oxygen atoms in total. The number of carbonyl (C=O) groups excluding carboxylic acids is 1. The summed E-state index contributed by atoms with van der Waals surface area (Å²) in [6.07, 6.45) is 0.546. The summed E-state index contributed by atoms with van der Waals surface area (Å²) in [6, 6.07) is 16.2. The molecular formula is C18H17ClN4O2. The second-order valence-electron chi connectivity index (χ2n) is 5.49. The van der Waals surface area contributed by atoms with Crippen LogP contribution in [-0.4, -0.2) is 32.7 Å². The first kappa shape index (κ1) is 17.1. The standard InChI is InChI=1S/C18H17ClN4O2/c19-14-8-4-5-9-15(14)23(18(25)10-17-20-12-21-22-17)11-16(24)13-6-2-1-3-7-13/h1-9,12,16,24H,10-11H2,(H,20,21,22). The number of H-pyrrole nitrogens is 1. The number of rotatable bonds is 6. The van der Waals surface area contributed by atoms with Gasteiger partial charge >= 0.3 is 0 Å². The van der Waals surface area contributed by atoms with Crippen molar-refractivity contribution in [1.29, 1.82) is 0 Å². The van der Waals surface area contributed by atoms with Gasteiger partial charge in [0.2, 0.25) is 5.91 Å². The van der Waals surface area contributed by atoms with Crippen molar-refractivity contribution in [2.45, 2.75) is 12.5 Å². The topological polar surface area (TPSA) is 82.1 Å². The molecule has 0 saturated heterocycles. The number of aromatic amines is 1. The third kappa shape index (κ3) is 4.23. The predicted molar refractivity (Wildman–Crippen MR) is 95.3 cm³/mol. The van der Waals surface area contributed by atoms with Crippen LogP contribution < -0.4 is 4.90 Å². The van der Waals surface area contributed by atoms with Crippen molar-refractivity contribution in [3.63, 3.8) is 0 Å². The summed E-state index contributed by atoms with van der Waals surface area (Å²) in [4.78, 5) is 18.3. The summed E-state index contributed by atoms with van der Waals surface area (Å²) in [7, 11) is 0. The number of anilines is 1. The largest absolute Gasteiger partial charge is 0.387 e. The van der Waals surface area contributed by atoms with Crippen LogP contribution in [-0.2, 0) is 11.2 Å². The number of aromatic nitrogens is 3. The van der Waals surface area contributed by atoms with Crippen molar-refractivity contribution in [2.24, 2.45) is 0 Å². The summed E-state index contributed by atoms with van der Waals surface area (Å²) in [6.45, 7) is 0.0840. The Morgan fingerprint density at radius 1 is 1.16 bits per heavy atom. The molecule has 0 bridgehead atoms. The number of nitrogens with one attached hydrogen (secondary N) is 1. The highest BCUT2D eigenvalue weighted by Gasteiger charge is 2.23. The van der Waals surface area contributed by atoms with Gasteiger partial charge in [-0.05, 0) is 17.7 Å². The van der Waals surface area contributed by atoms with E-state index in [1.807, 2.05) is 30.3 Å². The van der Waals surface area contributed by atoms with Crippen molar-refractivity contribution in [3.8, 4) is 0 Å². The lowest BCUT2D eigenvalue weighted by Gasteiger charge is -2.26. The monoisotopic (exact) mass is 356 g/mol. The predicted octanol–water partition coefficient (Wildman–Crippen LogP) is 2.77. The molecule has 25 heavy (non-hydrogen) atoms. The van der Waals surface area contributed by atoms with E-state index in [1.165, 1.54) is 11.2 Å². The number of amides is 1. The van der Waals surface area contributed by atoms with Crippen LogP contribution in [0.3, 0.4) is 0 Å². The summed E-state index contributed by atoms with van der Waals surface area (Å²) in [5.74, 6) is 0.219. The van der Waals surface area contributed by atoms with Gasteiger partial charge < -0.3 is 10.0 Å². The zero-order valence-corrected chi connectivity index (χ0v) is 14.1. The lowest BCUT2D eigenvalue weighted by atomic mass is 10.1. The molecule has 3 rings (SSSR count). The van der Waals surface area contributed by atoms with E-state index >= 15 is 0 Å². The molecule has 1 atom stereocenters. The lowest BCUT2D eigenvalue weighted by molar-refractivity contribution is -0.118. The number of hydrogen-bond donors (Lipinski definition) is 2. The fraction of sp³-hybridized carbons (Fsp3) is 0.167. The fourth-order valence-corrected chi connectivity index (χ4v) is 2.75. The van der Waals surface area contributed by atoms with E-state index in [9.17, 15) is 9.90 Å². The molecule has 2 aromatic carbocycles. The number of aliphatic hydroxyl groups excluding tert-OH is 1. The second-order valence-corrected chi connectivity index (χ2v) is 5.90. The Balaban J connectivity index is 1.86. The zero-order chi connectivity index (χ0) is 17.6. The quantitative estimate of drug-likeness (QED) is 0.711. The highest BCUT2D eigenvalue weighted by molar-refractivity contribution is 6.33. The average molecular weight is 357 g/mol. The molecule has 1 unspecified atom stereocenters. The van der Waals surface area contributed by atoms with Crippen LogP contribution in [0.25, 0.3) is 0 Å². The Morgan fingerprint density at radius 3 is 2.56 bits per heavy atom. The molecule has 0 aliphatic carbocycles. The number of para-hydroxylation sites is 1. The normalized spacial score (nSPS) is 11.9. The minimum absolute atomic E-state index is 0.0345. The molecule has 0 saturated carbocycles. The first-order chi connectivity index (χ1) is 12.1. The summed E-state index contributed by atoms with van der Waals surface area (Å²) >= 11 is 6.26. The number of halogens is 1. The maximum absolute atomic E-state index is 12.8. The van der Waals surface area contributed by atoms with E-state index in [-0.39, 0.29) is 18.9 Å². The number of carbonyl (C=O) groups is 1. The van der Waals surface area contributed by atoms with Gasteiger partial charge in [0.15, 0.2) is 0 Å². The van der Waals surface area contributed by atoms with Crippen molar-refractivity contribution >= 4 is 23.2 Å². The molecule has 1 heterocycles. The fourth-order valence-electron chi connectivity index (χ4n) is 2.51. The van der Waals surface area contributed by atoms with Crippen LogP contribution in [0.4, 0.5) is 5.69 Å². The van der Waals surface area contributed by atoms with E-state index < -0.39 is 6.10 Å². The van der Waals surface area contributed by atoms with Gasteiger partial charge in [-0.15, -0.1) is 0 Å². The van der Waals surface area contributed by atoms with E-state index in [0.717, 1.165) is 5.56 Å². The minimum Gasteiger partial charge on any atom is -0.387 e. The molecule has 0 aliphatic rings. The van der Waals surface area contributed by atoms with Gasteiger partial charge in [-0.3, -0.25) is 9.89 Å². The Hall–Kier alpha value is -2.70. The van der Waals surface area contributed by atoms with Gasteiger partial charge in [-0.1, -0.05) is 54.1 Å². The van der Waals surface area contributed by atoms with Crippen LogP contribution in [0, 0.1) is 0 Å². The Labute approximate surface area is 150 Å². The van der Waals surface area contributed by atoms with Crippen LogP contribution in [0.1, 0.15) is 17.5 Å². The van der Waals surface area contributed by atoms with Crippen molar-refractivity contribution in [3.05, 3.63) is 77.3 Å². The van der Waals surface area contributed by atoms with E-state index in [2.05, 4.69) is 15.2 Å². The van der Waals surface area contributed by atoms with Crippen molar-refractivity contribution < 1.29 is 9.90 Å². The van der Waals surface area contributed by atoms with Gasteiger partial charge in [0.25, 0.3) is 0 Å². The second kappa shape index (κ2) is 7.92. The van der Waals surface area contributed by atoms with Gasteiger partial charge in [-0.2, -0.15) is 5.10 Å². The Morgan fingerprint density at radius 2 is 1.88 bits per heavy atom. The molecule has 0 aliphatic heterocycles. The maximum atomic E-state index is 12.8. The molecule has 2 N–H and O–H groups in total. The molecular weight excluding hydrogens is 340 g/mol. The third-order valence-electron chi connectivity index (χ3n) is 3.77. The third-order valence-corrected chi connectivity index (χ3v) is 4.09. The van der Waals surface area contributed by atoms with E-state index in [4.69, 9.17) is 11.6 Å². The number of benzene rings is 2. The van der Waals surface area contributed by atoms with Crippen LogP contribution >= 0.6 is 11.6 Å². The average Bonchev–Trinajstić information content (AvgIpc) is 3.14. The zero-order valence-electron chi connectivity index (χ0n) is 13.3. The lowest BCUT2D eigenvalue weighted by Crippen LogP contribution is -2.36. The summed E-state index contributed by atoms with van der Waals surface area (Å²) < 4.78 is 0. The van der Waals surface area contributed by atoms with E-state index in [1.54, 1.807) is 24.3 Å². The molecule has 0 fully saturated rings. The highest BCUT2D eigenvalue weighted by atomic mass is 35.5. The van der Waals surface area contributed by atoms with Gasteiger partial charge in [0, 0.05) is 0 Å². The SMILES string of the molecule is O=C(Cc1ncn[nH]1)N(CC(O)c1ccccc1)c1ccccc1Cl. The molecule has 128 valence electrons. The van der Waals surface area contributed by atoms with Crippen LogP contribution in [0.2, 0.25) is 5.02 Å². The van der Waals surface area contributed by atoms with Crippen LogP contribution in [0.15, 0.2) is 60.9 Å². The Bertz CT molecular complexity index is 824. The first-order valence-corrected chi connectivity index (χ1v) is 8.15. The molecule has 1 amide bonds. The summed E-state index contributed by atoms with van der Waals surface area (Å²) in [5.41, 5.74) is 1.27. The number of hydrogen-bond acceptors (Lipinski definition) is 4. The first-order valence-electron chi connectivity index (χ1n) is 7.77. The molecule has 1 aromatic heterocycles. The number of nitrogens with zero attached hydrogens (tertiary/aromatic N) is 3. The van der Waals surface area contributed by atoms with E-state index in [0.29, 0.717) is 16.5 Å². The number of aliphatic hydroxyl groups is 1. The summed E-state index contributed by atoms with van der Waals surface area (Å²) in [5, 5.41) is 17.4. The molecule has 7 heteroatoms. The highest BCUT2D eigenvalue weighted by Crippen LogP contribution is 2.28. The van der Waals surface area contributed by atoms with Crippen molar-refractivity contribution in [1.82, 2.24) is 15.2 Å². The molecule has 3 aromatic rings.